The van der Waals surface area contributed by atoms with E-state index in [9.17, 15) is 5.21 Å². The molecule has 0 saturated heterocycles. The van der Waals surface area contributed by atoms with Crippen LogP contribution in [0.1, 0.15) is 0 Å². The predicted molar refractivity (Wildman–Crippen MR) is 67.6 cm³/mol. The van der Waals surface area contributed by atoms with Gasteiger partial charge in [0, 0.05) is 17.2 Å². The van der Waals surface area contributed by atoms with Crippen molar-refractivity contribution >= 4 is 40.5 Å². The van der Waals surface area contributed by atoms with Crippen LogP contribution in [-0.4, -0.2) is 0 Å². The Morgan fingerprint density at radius 1 is 1.00 bits per heavy atom. The van der Waals surface area contributed by atoms with Crippen molar-refractivity contribution in [3.63, 3.8) is 0 Å². The smallest absolute Gasteiger partial charge is 0.162 e. The van der Waals surface area contributed by atoms with Crippen LogP contribution in [0.25, 0.3) is 0 Å². The zero-order valence-corrected chi connectivity index (χ0v) is 10.2. The van der Waals surface area contributed by atoms with Gasteiger partial charge in [0.1, 0.15) is 11.2 Å². The molecule has 84 valence electrons. The summed E-state index contributed by atoms with van der Waals surface area (Å²) in [4.78, 5) is 0. The van der Waals surface area contributed by atoms with E-state index in [0.717, 1.165) is 0 Å². The van der Waals surface area contributed by atoms with Gasteiger partial charge in [-0.2, -0.15) is 4.76 Å². The lowest BCUT2D eigenvalue weighted by Crippen LogP contribution is -2.49. The Morgan fingerprint density at radius 3 is 2.19 bits per heavy atom. The van der Waals surface area contributed by atoms with Crippen molar-refractivity contribution < 1.29 is 0 Å². The standard InChI is InChI=1S/C10H7Cl3N2O/c11-7-1-3-8(4-2-7)15(16)6-10(13)9(12)5-14-15/h1-6,14H. The maximum absolute atomic E-state index is 12.3. The Balaban J connectivity index is 2.38. The zero-order chi connectivity index (χ0) is 11.8. The molecule has 0 radical (unpaired) electrons. The van der Waals surface area contributed by atoms with E-state index in [1.54, 1.807) is 24.3 Å². The second-order valence-electron chi connectivity index (χ2n) is 3.23. The summed E-state index contributed by atoms with van der Waals surface area (Å²) < 4.78 is -0.897. The van der Waals surface area contributed by atoms with E-state index in [1.807, 2.05) is 0 Å². The fourth-order valence-corrected chi connectivity index (χ4v) is 1.71. The van der Waals surface area contributed by atoms with Gasteiger partial charge in [-0.25, -0.2) is 5.43 Å². The van der Waals surface area contributed by atoms with E-state index >= 15 is 0 Å². The van der Waals surface area contributed by atoms with Crippen molar-refractivity contribution in [3.8, 4) is 0 Å². The summed E-state index contributed by atoms with van der Waals surface area (Å²) in [7, 11) is 0. The Labute approximate surface area is 108 Å². The predicted octanol–water partition coefficient (Wildman–Crippen LogP) is 3.82. The Kier molecular flexibility index (Phi) is 3.15. The number of allylic oxidation sites excluding steroid dienone is 2. The molecule has 1 aromatic rings. The summed E-state index contributed by atoms with van der Waals surface area (Å²) in [5.74, 6) is 0. The average molecular weight is 278 g/mol. The van der Waals surface area contributed by atoms with E-state index < -0.39 is 4.76 Å². The summed E-state index contributed by atoms with van der Waals surface area (Å²) in [6, 6.07) is 6.52. The minimum Gasteiger partial charge on any atom is -0.596 e. The highest BCUT2D eigenvalue weighted by molar-refractivity contribution is 6.44. The first-order valence-electron chi connectivity index (χ1n) is 4.39. The zero-order valence-electron chi connectivity index (χ0n) is 7.95. The lowest BCUT2D eigenvalue weighted by molar-refractivity contribution is 0.416. The van der Waals surface area contributed by atoms with E-state index in [4.69, 9.17) is 34.8 Å². The van der Waals surface area contributed by atoms with Crippen LogP contribution in [0.15, 0.2) is 46.7 Å². The van der Waals surface area contributed by atoms with Gasteiger partial charge in [-0.05, 0) is 12.1 Å². The fraction of sp³-hybridized carbons (Fsp3) is 0. The van der Waals surface area contributed by atoms with Crippen LogP contribution in [0.3, 0.4) is 0 Å². The van der Waals surface area contributed by atoms with Crippen LogP contribution in [0.2, 0.25) is 5.02 Å². The molecule has 2 rings (SSSR count). The van der Waals surface area contributed by atoms with Gasteiger partial charge in [0.15, 0.2) is 5.69 Å². The number of quaternary nitrogens is 1. The highest BCUT2D eigenvalue weighted by Gasteiger charge is 2.23. The molecule has 0 saturated carbocycles. The quantitative estimate of drug-likeness (QED) is 0.625. The molecule has 1 heterocycles. The third-order valence-corrected chi connectivity index (χ3v) is 3.08. The number of rotatable bonds is 1. The van der Waals surface area contributed by atoms with Crippen molar-refractivity contribution in [1.82, 2.24) is 10.2 Å². The molecule has 6 heteroatoms. The SMILES string of the molecule is [O-][N+]1(c2ccc(Cl)cc2)C=C(Cl)C(Cl)=CN1. The van der Waals surface area contributed by atoms with E-state index in [1.165, 1.54) is 12.4 Å². The number of halogens is 3. The molecule has 1 aromatic carbocycles. The number of benzene rings is 1. The van der Waals surface area contributed by atoms with Gasteiger partial charge in [0.25, 0.3) is 0 Å². The minimum absolute atomic E-state index is 0.213. The van der Waals surface area contributed by atoms with Crippen LogP contribution in [0.4, 0.5) is 5.69 Å². The van der Waals surface area contributed by atoms with Gasteiger partial charge in [0.05, 0.1) is 11.2 Å². The summed E-state index contributed by atoms with van der Waals surface area (Å²) >= 11 is 17.3. The molecule has 0 fully saturated rings. The van der Waals surface area contributed by atoms with Crippen molar-refractivity contribution in [2.24, 2.45) is 0 Å². The molecule has 1 N–H and O–H groups in total. The molecule has 16 heavy (non-hydrogen) atoms. The van der Waals surface area contributed by atoms with Crippen LogP contribution in [0.5, 0.6) is 0 Å². The van der Waals surface area contributed by atoms with Gasteiger partial charge in [-0.15, -0.1) is 0 Å². The van der Waals surface area contributed by atoms with Crippen molar-refractivity contribution in [1.29, 1.82) is 0 Å². The van der Waals surface area contributed by atoms with Crippen molar-refractivity contribution in [2.45, 2.75) is 0 Å². The van der Waals surface area contributed by atoms with Gasteiger partial charge in [-0.3, -0.25) is 0 Å². The van der Waals surface area contributed by atoms with E-state index in [2.05, 4.69) is 5.43 Å². The highest BCUT2D eigenvalue weighted by Crippen LogP contribution is 2.30. The summed E-state index contributed by atoms with van der Waals surface area (Å²) in [5, 5.41) is 13.4. The fourth-order valence-electron chi connectivity index (χ4n) is 1.29. The average Bonchev–Trinajstić information content (AvgIpc) is 2.25. The molecule has 0 amide bonds. The molecule has 3 nitrogen and oxygen atoms in total. The number of hydrogen-bond acceptors (Lipinski definition) is 2. The van der Waals surface area contributed by atoms with Gasteiger partial charge in [0.2, 0.25) is 0 Å². The Bertz CT molecular complexity index is 469. The highest BCUT2D eigenvalue weighted by atomic mass is 35.5. The number of hydroxylamine groups is 1. The summed E-state index contributed by atoms with van der Waals surface area (Å²) in [6.45, 7) is 0. The minimum atomic E-state index is -0.897. The molecule has 1 aliphatic heterocycles. The van der Waals surface area contributed by atoms with Gasteiger partial charge >= 0.3 is 0 Å². The summed E-state index contributed by atoms with van der Waals surface area (Å²) in [5.41, 5.74) is 3.06. The van der Waals surface area contributed by atoms with E-state index in [0.29, 0.717) is 15.7 Å². The van der Waals surface area contributed by atoms with Crippen LogP contribution >= 0.6 is 34.8 Å². The molecule has 1 aliphatic rings. The number of nitrogens with one attached hydrogen (secondary N) is 1. The first-order valence-corrected chi connectivity index (χ1v) is 5.53. The monoisotopic (exact) mass is 276 g/mol. The number of nitrogens with zero attached hydrogens (tertiary/aromatic N) is 1. The van der Waals surface area contributed by atoms with Crippen LogP contribution in [0, 0.1) is 5.21 Å². The van der Waals surface area contributed by atoms with E-state index in [-0.39, 0.29) is 5.03 Å². The lowest BCUT2D eigenvalue weighted by atomic mass is 10.3. The summed E-state index contributed by atoms with van der Waals surface area (Å²) in [6.07, 6.45) is 2.64. The maximum Gasteiger partial charge on any atom is 0.162 e. The first-order chi connectivity index (χ1) is 7.51. The molecule has 0 aromatic heterocycles. The first kappa shape index (κ1) is 11.8. The Hall–Kier alpha value is -0.710. The molecule has 1 unspecified atom stereocenters. The van der Waals surface area contributed by atoms with Crippen molar-refractivity contribution in [3.05, 3.63) is 57.0 Å². The van der Waals surface area contributed by atoms with Gasteiger partial charge in [-0.1, -0.05) is 34.8 Å². The molecule has 0 bridgehead atoms. The van der Waals surface area contributed by atoms with Crippen LogP contribution < -0.4 is 10.2 Å². The third kappa shape index (κ3) is 2.19. The van der Waals surface area contributed by atoms with Crippen molar-refractivity contribution in [2.75, 3.05) is 0 Å². The normalized spacial score (nSPS) is 24.5. The molecule has 0 spiro atoms. The second kappa shape index (κ2) is 4.28. The number of hydrogen-bond donors (Lipinski definition) is 1. The molecule has 0 aliphatic carbocycles. The largest absolute Gasteiger partial charge is 0.596 e. The molecular weight excluding hydrogens is 270 g/mol. The van der Waals surface area contributed by atoms with Gasteiger partial charge < -0.3 is 5.21 Å². The topological polar surface area (TPSA) is 35.1 Å². The lowest BCUT2D eigenvalue weighted by Gasteiger charge is -2.38. The van der Waals surface area contributed by atoms with Crippen LogP contribution in [-0.2, 0) is 0 Å². The third-order valence-electron chi connectivity index (χ3n) is 2.12. The second-order valence-corrected chi connectivity index (χ2v) is 4.48. The molecule has 1 atom stereocenters. The maximum atomic E-state index is 12.3. The Morgan fingerprint density at radius 2 is 1.62 bits per heavy atom. The molecular formula is C10H7Cl3N2O.